The highest BCUT2D eigenvalue weighted by molar-refractivity contribution is 5.69. The van der Waals surface area contributed by atoms with Crippen LogP contribution in [0.5, 0.6) is 17.2 Å². The summed E-state index contributed by atoms with van der Waals surface area (Å²) >= 11 is 0. The summed E-state index contributed by atoms with van der Waals surface area (Å²) in [4.78, 5) is 11.1. The van der Waals surface area contributed by atoms with Gasteiger partial charge in [0, 0.05) is 23.1 Å². The Morgan fingerprint density at radius 1 is 1.10 bits per heavy atom. The van der Waals surface area contributed by atoms with Gasteiger partial charge in [-0.2, -0.15) is 0 Å². The van der Waals surface area contributed by atoms with E-state index in [9.17, 15) is 4.79 Å². The highest BCUT2D eigenvalue weighted by atomic mass is 16.6. The van der Waals surface area contributed by atoms with E-state index in [2.05, 4.69) is 11.2 Å². The fourth-order valence-corrected chi connectivity index (χ4v) is 4.17. The molecule has 1 aromatic heterocycles. The van der Waals surface area contributed by atoms with Crippen molar-refractivity contribution in [2.24, 2.45) is 0 Å². The van der Waals surface area contributed by atoms with Gasteiger partial charge < -0.3 is 23.8 Å². The molecule has 3 aromatic rings. The van der Waals surface area contributed by atoms with Crippen LogP contribution in [-0.4, -0.2) is 29.4 Å². The lowest BCUT2D eigenvalue weighted by Gasteiger charge is -2.27. The van der Waals surface area contributed by atoms with E-state index in [-0.39, 0.29) is 18.4 Å². The van der Waals surface area contributed by atoms with Crippen molar-refractivity contribution in [3.8, 4) is 28.4 Å². The fraction of sp³-hybridized carbons (Fsp3) is 0.304. The average Bonchev–Trinajstić information content (AvgIpc) is 3.27. The summed E-state index contributed by atoms with van der Waals surface area (Å²) in [5.41, 5.74) is 4.71. The van der Waals surface area contributed by atoms with Crippen LogP contribution in [0.2, 0.25) is 0 Å². The normalized spacial score (nSPS) is 19.3. The number of nitrogens with zero attached hydrogens (tertiary/aromatic N) is 1. The third-order valence-electron chi connectivity index (χ3n) is 5.62. The van der Waals surface area contributed by atoms with Crippen LogP contribution < -0.4 is 14.2 Å². The van der Waals surface area contributed by atoms with Crippen molar-refractivity contribution in [2.45, 2.75) is 32.3 Å². The molecule has 2 aromatic carbocycles. The highest BCUT2D eigenvalue weighted by Crippen LogP contribution is 2.46. The summed E-state index contributed by atoms with van der Waals surface area (Å²) in [5, 5.41) is 13.1. The van der Waals surface area contributed by atoms with E-state index in [1.807, 2.05) is 38.1 Å². The predicted molar refractivity (Wildman–Crippen MR) is 107 cm³/mol. The Kier molecular flexibility index (Phi) is 4.38. The average molecular weight is 407 g/mol. The maximum absolute atomic E-state index is 11.1. The molecule has 30 heavy (non-hydrogen) atoms. The minimum absolute atomic E-state index is 0.0315. The zero-order valence-electron chi connectivity index (χ0n) is 16.7. The Labute approximate surface area is 173 Å². The van der Waals surface area contributed by atoms with E-state index in [0.717, 1.165) is 33.7 Å². The van der Waals surface area contributed by atoms with Crippen LogP contribution in [0.3, 0.4) is 0 Å². The van der Waals surface area contributed by atoms with Crippen LogP contribution in [0.25, 0.3) is 11.1 Å². The van der Waals surface area contributed by atoms with Gasteiger partial charge in [0.05, 0.1) is 18.7 Å². The van der Waals surface area contributed by atoms with E-state index in [1.165, 1.54) is 0 Å². The Hall–Kier alpha value is -3.48. The number of aromatic nitrogens is 1. The van der Waals surface area contributed by atoms with Crippen LogP contribution in [0, 0.1) is 13.8 Å². The van der Waals surface area contributed by atoms with Gasteiger partial charge in [0.2, 0.25) is 0 Å². The molecule has 2 aliphatic heterocycles. The zero-order chi connectivity index (χ0) is 20.8. The summed E-state index contributed by atoms with van der Waals surface area (Å²) < 4.78 is 23.2. The van der Waals surface area contributed by atoms with Crippen LogP contribution in [0.15, 0.2) is 40.9 Å². The van der Waals surface area contributed by atoms with Crippen LogP contribution in [-0.2, 0) is 4.79 Å². The summed E-state index contributed by atoms with van der Waals surface area (Å²) in [7, 11) is 0. The van der Waals surface area contributed by atoms with E-state index in [0.29, 0.717) is 30.5 Å². The Morgan fingerprint density at radius 2 is 1.93 bits per heavy atom. The van der Waals surface area contributed by atoms with Crippen molar-refractivity contribution in [1.29, 1.82) is 0 Å². The van der Waals surface area contributed by atoms with Crippen LogP contribution in [0.4, 0.5) is 0 Å². The number of hydrogen-bond donors (Lipinski definition) is 1. The van der Waals surface area contributed by atoms with Gasteiger partial charge in [-0.3, -0.25) is 4.79 Å². The van der Waals surface area contributed by atoms with Crippen molar-refractivity contribution >= 4 is 5.97 Å². The molecular formula is C23H21NO6. The summed E-state index contributed by atoms with van der Waals surface area (Å²) in [6.45, 7) is 4.54. The number of benzene rings is 2. The first-order chi connectivity index (χ1) is 14.5. The van der Waals surface area contributed by atoms with Gasteiger partial charge in [-0.1, -0.05) is 23.4 Å². The summed E-state index contributed by atoms with van der Waals surface area (Å²) in [6.07, 6.45) is -0.240. The Balaban J connectivity index is 1.42. The molecule has 3 heterocycles. The molecule has 0 saturated heterocycles. The lowest BCUT2D eigenvalue weighted by atomic mass is 9.97. The number of carboxylic acids is 1. The van der Waals surface area contributed by atoms with Crippen LogP contribution in [0.1, 0.15) is 41.0 Å². The first-order valence-corrected chi connectivity index (χ1v) is 9.85. The minimum atomic E-state index is -0.843. The number of fused-ring (bicyclic) bond motifs is 2. The summed E-state index contributed by atoms with van der Waals surface area (Å²) in [5.74, 6) is 1.64. The largest absolute Gasteiger partial charge is 0.492 e. The number of aryl methyl sites for hydroxylation is 2. The van der Waals surface area contributed by atoms with Crippen molar-refractivity contribution in [1.82, 2.24) is 5.16 Å². The Bertz CT molecular complexity index is 1120. The van der Waals surface area contributed by atoms with Crippen molar-refractivity contribution in [3.05, 3.63) is 59.0 Å². The van der Waals surface area contributed by atoms with Gasteiger partial charge in [0.15, 0.2) is 17.6 Å². The molecule has 7 nitrogen and oxygen atoms in total. The topological polar surface area (TPSA) is 91.0 Å². The first kappa shape index (κ1) is 18.5. The molecule has 1 unspecified atom stereocenters. The smallest absolute Gasteiger partial charge is 0.304 e. The van der Waals surface area contributed by atoms with Gasteiger partial charge in [-0.05, 0) is 37.1 Å². The predicted octanol–water partition coefficient (Wildman–Crippen LogP) is 4.42. The molecule has 0 amide bonds. The molecule has 0 aliphatic carbocycles. The quantitative estimate of drug-likeness (QED) is 0.684. The summed E-state index contributed by atoms with van der Waals surface area (Å²) in [6, 6.07) is 11.7. The van der Waals surface area contributed by atoms with Crippen molar-refractivity contribution in [2.75, 3.05) is 13.2 Å². The monoisotopic (exact) mass is 407 g/mol. The number of hydrogen-bond acceptors (Lipinski definition) is 6. The Morgan fingerprint density at radius 3 is 2.70 bits per heavy atom. The third-order valence-corrected chi connectivity index (χ3v) is 5.62. The van der Waals surface area contributed by atoms with Gasteiger partial charge in [0.1, 0.15) is 18.1 Å². The molecule has 5 rings (SSSR count). The van der Waals surface area contributed by atoms with Crippen molar-refractivity contribution in [3.63, 3.8) is 0 Å². The lowest BCUT2D eigenvalue weighted by molar-refractivity contribution is -0.137. The first-order valence-electron chi connectivity index (χ1n) is 9.85. The standard InChI is InChI=1S/C23H21NO6/c1-12-23(13(2)30-24-12)15-5-3-4-14(6-15)21-11-28-19-8-17-16(7-22(25)26)10-27-18(17)9-20(19)29-21/h3-6,8-9,16,21H,7,10-11H2,1-2H3,(H,25,26)/t16-,21?/m1/s1. The molecule has 2 aliphatic rings. The SMILES string of the molecule is Cc1noc(C)c1-c1cccc(C2COc3cc4c(cc3O2)OC[C@H]4CC(=O)O)c1. The second-order valence-electron chi connectivity index (χ2n) is 7.68. The maximum Gasteiger partial charge on any atom is 0.304 e. The molecule has 154 valence electrons. The molecule has 2 atom stereocenters. The molecule has 1 N–H and O–H groups in total. The molecule has 0 saturated carbocycles. The number of rotatable bonds is 4. The number of aliphatic carboxylic acids is 1. The van der Waals surface area contributed by atoms with Gasteiger partial charge in [0.25, 0.3) is 0 Å². The molecule has 0 bridgehead atoms. The number of ether oxygens (including phenoxy) is 3. The van der Waals surface area contributed by atoms with E-state index in [4.69, 9.17) is 23.8 Å². The van der Waals surface area contributed by atoms with Gasteiger partial charge >= 0.3 is 5.97 Å². The molecule has 0 spiro atoms. The molecule has 7 heteroatoms. The van der Waals surface area contributed by atoms with Gasteiger partial charge in [-0.15, -0.1) is 0 Å². The second kappa shape index (κ2) is 7.09. The number of carboxylic acid groups (broad SMARTS) is 1. The highest BCUT2D eigenvalue weighted by Gasteiger charge is 2.31. The van der Waals surface area contributed by atoms with E-state index < -0.39 is 5.97 Å². The molecule has 0 fully saturated rings. The molecule has 0 radical (unpaired) electrons. The maximum atomic E-state index is 11.1. The number of carbonyl (C=O) groups is 1. The minimum Gasteiger partial charge on any atom is -0.492 e. The van der Waals surface area contributed by atoms with Crippen LogP contribution >= 0.6 is 0 Å². The van der Waals surface area contributed by atoms with E-state index in [1.54, 1.807) is 6.07 Å². The zero-order valence-corrected chi connectivity index (χ0v) is 16.7. The van der Waals surface area contributed by atoms with Crippen molar-refractivity contribution < 1.29 is 28.6 Å². The molecular weight excluding hydrogens is 386 g/mol. The second-order valence-corrected chi connectivity index (χ2v) is 7.68. The van der Waals surface area contributed by atoms with Gasteiger partial charge in [-0.25, -0.2) is 0 Å². The lowest BCUT2D eigenvalue weighted by Crippen LogP contribution is -2.21. The third kappa shape index (κ3) is 3.16. The fourth-order valence-electron chi connectivity index (χ4n) is 4.17. The van der Waals surface area contributed by atoms with E-state index >= 15 is 0 Å².